The Bertz CT molecular complexity index is 1320. The number of nitrogens with one attached hydrogen (secondary N) is 1. The quantitative estimate of drug-likeness (QED) is 0.608. The number of hydrogen-bond acceptors (Lipinski definition) is 8. The lowest BCUT2D eigenvalue weighted by atomic mass is 9.75. The van der Waals surface area contributed by atoms with Gasteiger partial charge in [0, 0.05) is 60.8 Å². The van der Waals surface area contributed by atoms with Crippen LogP contribution < -0.4 is 9.46 Å². The van der Waals surface area contributed by atoms with Gasteiger partial charge in [-0.05, 0) is 36.4 Å². The minimum absolute atomic E-state index is 0.00498. The van der Waals surface area contributed by atoms with Crippen LogP contribution in [0.5, 0.6) is 5.75 Å². The van der Waals surface area contributed by atoms with E-state index in [1.165, 1.54) is 12.4 Å². The van der Waals surface area contributed by atoms with Crippen molar-refractivity contribution >= 4 is 26.7 Å². The smallest absolute Gasteiger partial charge is 0.263 e. The van der Waals surface area contributed by atoms with Gasteiger partial charge in [0.25, 0.3) is 10.0 Å². The summed E-state index contributed by atoms with van der Waals surface area (Å²) in [5.41, 5.74) is 3.07. The van der Waals surface area contributed by atoms with Crippen molar-refractivity contribution in [2.45, 2.75) is 22.9 Å². The van der Waals surface area contributed by atoms with E-state index in [0.717, 1.165) is 47.9 Å². The number of nitrogens with zero attached hydrogens (tertiary/aromatic N) is 4. The number of benzene rings is 2. The predicted octanol–water partition coefficient (Wildman–Crippen LogP) is 3.00. The molecular weight excluding hydrogens is 465 g/mol. The van der Waals surface area contributed by atoms with Crippen molar-refractivity contribution in [3.63, 3.8) is 0 Å². The molecule has 3 atom stereocenters. The Hall–Kier alpha value is -2.60. The highest BCUT2D eigenvalue weighted by Crippen LogP contribution is 2.53. The van der Waals surface area contributed by atoms with E-state index in [1.807, 2.05) is 12.1 Å². The largest absolute Gasteiger partial charge is 0.492 e. The van der Waals surface area contributed by atoms with Crippen LogP contribution in [0.3, 0.4) is 0 Å². The summed E-state index contributed by atoms with van der Waals surface area (Å²) in [7, 11) is -1.72. The number of anilines is 1. The number of fused-ring (bicyclic) bond motifs is 8. The summed E-state index contributed by atoms with van der Waals surface area (Å²) in [6.07, 6.45) is 1.30. The molecule has 1 N–H and O–H groups in total. The minimum Gasteiger partial charge on any atom is -0.492 e. The topological polar surface area (TPSA) is 87.7 Å². The summed E-state index contributed by atoms with van der Waals surface area (Å²) in [6.45, 7) is 3.03. The van der Waals surface area contributed by atoms with Crippen LogP contribution in [-0.4, -0.2) is 60.9 Å². The van der Waals surface area contributed by atoms with E-state index >= 15 is 0 Å². The van der Waals surface area contributed by atoms with Gasteiger partial charge in [0.15, 0.2) is 0 Å². The van der Waals surface area contributed by atoms with Crippen molar-refractivity contribution in [3.05, 3.63) is 65.2 Å². The maximum atomic E-state index is 14.2. The summed E-state index contributed by atoms with van der Waals surface area (Å²) >= 11 is 0.971. The molecular formula is C22H22FN5O3S2. The van der Waals surface area contributed by atoms with Crippen LogP contribution in [0.15, 0.2) is 47.6 Å². The summed E-state index contributed by atoms with van der Waals surface area (Å²) in [5, 5.41) is 0.208. The zero-order valence-electron chi connectivity index (χ0n) is 17.8. The fourth-order valence-electron chi connectivity index (χ4n) is 5.31. The van der Waals surface area contributed by atoms with E-state index in [0.29, 0.717) is 12.4 Å². The lowest BCUT2D eigenvalue weighted by molar-refractivity contribution is 0.00888. The second kappa shape index (κ2) is 7.73. The number of aromatic nitrogens is 2. The summed E-state index contributed by atoms with van der Waals surface area (Å²) in [5.74, 6) is 0.277. The molecule has 0 saturated carbocycles. The van der Waals surface area contributed by atoms with Crippen molar-refractivity contribution in [1.29, 1.82) is 0 Å². The molecule has 1 aromatic heterocycles. The predicted molar refractivity (Wildman–Crippen MR) is 121 cm³/mol. The van der Waals surface area contributed by atoms with Crippen LogP contribution in [-0.2, 0) is 10.0 Å². The third kappa shape index (κ3) is 3.50. The van der Waals surface area contributed by atoms with Crippen LogP contribution in [0.2, 0.25) is 0 Å². The first kappa shape index (κ1) is 21.0. The number of hydrogen-bond donors (Lipinski definition) is 1. The first-order valence-corrected chi connectivity index (χ1v) is 13.0. The van der Waals surface area contributed by atoms with Crippen LogP contribution >= 0.6 is 11.5 Å². The highest BCUT2D eigenvalue weighted by molar-refractivity contribution is 7.93. The summed E-state index contributed by atoms with van der Waals surface area (Å²) < 4.78 is 52.3. The van der Waals surface area contributed by atoms with Gasteiger partial charge in [-0.1, -0.05) is 12.1 Å². The van der Waals surface area contributed by atoms with Gasteiger partial charge in [-0.25, -0.2) is 17.8 Å². The number of rotatable bonds is 3. The molecule has 3 aliphatic rings. The Morgan fingerprint density at radius 3 is 2.82 bits per heavy atom. The molecule has 6 rings (SSSR count). The molecule has 3 aromatic rings. The number of ether oxygens (including phenoxy) is 1. The lowest BCUT2D eigenvalue weighted by Crippen LogP contribution is -2.53. The fourth-order valence-corrected chi connectivity index (χ4v) is 6.99. The van der Waals surface area contributed by atoms with Crippen molar-refractivity contribution in [1.82, 2.24) is 19.2 Å². The molecule has 11 heteroatoms. The normalized spacial score (nSPS) is 24.7. The highest BCUT2D eigenvalue weighted by Gasteiger charge is 2.46. The Morgan fingerprint density at radius 2 is 2.00 bits per heavy atom. The molecule has 4 heterocycles. The zero-order valence-corrected chi connectivity index (χ0v) is 19.4. The minimum atomic E-state index is -3.82. The molecule has 0 aliphatic carbocycles. The monoisotopic (exact) mass is 487 g/mol. The van der Waals surface area contributed by atoms with E-state index in [-0.39, 0.29) is 33.8 Å². The number of halogens is 1. The van der Waals surface area contributed by atoms with Crippen molar-refractivity contribution in [3.8, 4) is 5.75 Å². The van der Waals surface area contributed by atoms with E-state index in [9.17, 15) is 12.8 Å². The fraction of sp³-hybridized carbons (Fsp3) is 0.364. The Morgan fingerprint density at radius 1 is 1.15 bits per heavy atom. The van der Waals surface area contributed by atoms with Gasteiger partial charge in [-0.3, -0.25) is 9.62 Å². The van der Waals surface area contributed by atoms with Gasteiger partial charge in [0.1, 0.15) is 17.9 Å². The molecule has 3 aliphatic heterocycles. The van der Waals surface area contributed by atoms with E-state index in [2.05, 4.69) is 30.9 Å². The van der Waals surface area contributed by atoms with Crippen molar-refractivity contribution < 1.29 is 17.5 Å². The van der Waals surface area contributed by atoms with Crippen LogP contribution in [0.25, 0.3) is 0 Å². The Labute approximate surface area is 195 Å². The molecule has 172 valence electrons. The van der Waals surface area contributed by atoms with Gasteiger partial charge >= 0.3 is 0 Å². The van der Waals surface area contributed by atoms with E-state index in [4.69, 9.17) is 4.74 Å². The Balaban J connectivity index is 1.41. The van der Waals surface area contributed by atoms with Crippen molar-refractivity contribution in [2.75, 3.05) is 38.0 Å². The average molecular weight is 488 g/mol. The highest BCUT2D eigenvalue weighted by atomic mass is 32.2. The number of sulfonamides is 1. The molecule has 1 fully saturated rings. The van der Waals surface area contributed by atoms with Gasteiger partial charge in [0.05, 0.1) is 11.5 Å². The maximum Gasteiger partial charge on any atom is 0.263 e. The van der Waals surface area contributed by atoms with Gasteiger partial charge in [-0.2, -0.15) is 4.37 Å². The third-order valence-electron chi connectivity index (χ3n) is 6.79. The molecule has 8 nitrogen and oxygen atoms in total. The zero-order chi connectivity index (χ0) is 22.7. The van der Waals surface area contributed by atoms with E-state index < -0.39 is 10.0 Å². The molecule has 0 radical (unpaired) electrons. The molecule has 1 saturated heterocycles. The van der Waals surface area contributed by atoms with Gasteiger partial charge in [0.2, 0.25) is 5.13 Å². The van der Waals surface area contributed by atoms with Crippen LogP contribution in [0.4, 0.5) is 9.52 Å². The second-order valence-corrected chi connectivity index (χ2v) is 11.2. The van der Waals surface area contributed by atoms with Crippen LogP contribution in [0.1, 0.15) is 34.7 Å². The average Bonchev–Trinajstić information content (AvgIpc) is 3.30. The second-order valence-electron chi connectivity index (χ2n) is 8.70. The van der Waals surface area contributed by atoms with Crippen molar-refractivity contribution in [2.24, 2.45) is 0 Å². The van der Waals surface area contributed by atoms with Crippen LogP contribution in [0, 0.1) is 5.82 Å². The summed E-state index contributed by atoms with van der Waals surface area (Å²) in [6, 6.07) is 10.2. The van der Waals surface area contributed by atoms with Gasteiger partial charge < -0.3 is 9.64 Å². The SMILES string of the molecule is CN1CCN2C(C1)c1ccc(F)cc1C1COc3cc(S(=O)(=O)Nc4ncns4)ccc3C12. The standard InChI is InChI=1S/C22H22FN5O3S2/c1-27-6-7-28-19(10-27)15-4-2-13(23)8-17(15)18-11-31-20-9-14(3-5-16(20)21(18)28)33(29,30)26-22-24-12-25-32-22/h2-5,8-9,12,18-19,21H,6-7,10-11H2,1H3,(H,24,25,26). The van der Waals surface area contributed by atoms with Gasteiger partial charge in [-0.15, -0.1) is 0 Å². The first-order chi connectivity index (χ1) is 15.9. The first-order valence-electron chi connectivity index (χ1n) is 10.7. The third-order valence-corrected chi connectivity index (χ3v) is 8.83. The number of likely N-dealkylation sites (N-methyl/N-ethyl adjacent to an activating group) is 1. The molecule has 3 unspecified atom stereocenters. The molecule has 0 spiro atoms. The maximum absolute atomic E-state index is 14.2. The van der Waals surface area contributed by atoms with E-state index in [1.54, 1.807) is 18.2 Å². The molecule has 2 aromatic carbocycles. The lowest BCUT2D eigenvalue weighted by Gasteiger charge is -2.53. The molecule has 0 amide bonds. The molecule has 33 heavy (non-hydrogen) atoms. The molecule has 0 bridgehead atoms. The summed E-state index contributed by atoms with van der Waals surface area (Å²) in [4.78, 5) is 8.76. The Kier molecular flexibility index (Phi) is 4.91. The number of piperazine rings is 1.